The van der Waals surface area contributed by atoms with E-state index in [0.29, 0.717) is 24.7 Å². The van der Waals surface area contributed by atoms with Crippen LogP contribution in [-0.2, 0) is 0 Å². The number of hydrogen-bond donors (Lipinski definition) is 0. The van der Waals surface area contributed by atoms with Crippen LogP contribution in [0.2, 0.25) is 0 Å². The summed E-state index contributed by atoms with van der Waals surface area (Å²) in [5.41, 5.74) is 1.23. The highest BCUT2D eigenvalue weighted by molar-refractivity contribution is 5.83. The highest BCUT2D eigenvalue weighted by Crippen LogP contribution is 2.33. The SMILES string of the molecule is CCOc1ccccc1/C=C/c1cc(/C=C/c2ccccc2OCC)c([N+](=O)[O-])cc1[N+](=O)[O-]. The third-order valence-corrected chi connectivity index (χ3v) is 4.89. The first-order chi connectivity index (χ1) is 16.4. The van der Waals surface area contributed by atoms with Crippen molar-refractivity contribution in [3.63, 3.8) is 0 Å². The Balaban J connectivity index is 2.08. The minimum absolute atomic E-state index is 0.236. The predicted molar refractivity (Wildman–Crippen MR) is 133 cm³/mol. The Bertz CT molecular complexity index is 1160. The van der Waals surface area contributed by atoms with Crippen LogP contribution >= 0.6 is 0 Å². The van der Waals surface area contributed by atoms with E-state index in [4.69, 9.17) is 9.47 Å². The molecule has 0 aliphatic carbocycles. The van der Waals surface area contributed by atoms with Crippen molar-refractivity contribution in [2.24, 2.45) is 0 Å². The summed E-state index contributed by atoms with van der Waals surface area (Å²) < 4.78 is 11.2. The van der Waals surface area contributed by atoms with Crippen molar-refractivity contribution in [1.29, 1.82) is 0 Å². The molecule has 3 rings (SSSR count). The molecule has 0 aromatic heterocycles. The number of nitro groups is 2. The van der Waals surface area contributed by atoms with E-state index in [9.17, 15) is 20.2 Å². The van der Waals surface area contributed by atoms with Crippen LogP contribution in [0.4, 0.5) is 11.4 Å². The van der Waals surface area contributed by atoms with Crippen molar-refractivity contribution < 1.29 is 19.3 Å². The maximum Gasteiger partial charge on any atom is 0.283 e. The maximum absolute atomic E-state index is 11.7. The second-order valence-corrected chi connectivity index (χ2v) is 7.09. The summed E-state index contributed by atoms with van der Waals surface area (Å²) in [7, 11) is 0. The fourth-order valence-electron chi connectivity index (χ4n) is 3.36. The second-order valence-electron chi connectivity index (χ2n) is 7.09. The van der Waals surface area contributed by atoms with E-state index >= 15 is 0 Å². The van der Waals surface area contributed by atoms with Gasteiger partial charge in [-0.15, -0.1) is 0 Å². The molecule has 0 radical (unpaired) electrons. The normalized spacial score (nSPS) is 11.1. The van der Waals surface area contributed by atoms with E-state index in [0.717, 1.165) is 17.2 Å². The minimum Gasteiger partial charge on any atom is -0.493 e. The fourth-order valence-corrected chi connectivity index (χ4v) is 3.36. The van der Waals surface area contributed by atoms with Crippen molar-refractivity contribution in [3.8, 4) is 11.5 Å². The number of hydrogen-bond acceptors (Lipinski definition) is 6. The smallest absolute Gasteiger partial charge is 0.283 e. The Labute approximate surface area is 197 Å². The maximum atomic E-state index is 11.7. The molecule has 0 saturated heterocycles. The molecule has 0 unspecified atom stereocenters. The molecular weight excluding hydrogens is 436 g/mol. The zero-order valence-electron chi connectivity index (χ0n) is 18.8. The summed E-state index contributed by atoms with van der Waals surface area (Å²) in [4.78, 5) is 22.1. The molecule has 0 atom stereocenters. The van der Waals surface area contributed by atoms with Crippen LogP contribution in [0.25, 0.3) is 24.3 Å². The number of rotatable bonds is 10. The Morgan fingerprint density at radius 3 is 1.41 bits per heavy atom. The molecule has 0 spiro atoms. The molecule has 0 bridgehead atoms. The monoisotopic (exact) mass is 460 g/mol. The average molecular weight is 460 g/mol. The van der Waals surface area contributed by atoms with Crippen molar-refractivity contribution in [3.05, 3.63) is 103 Å². The van der Waals surface area contributed by atoms with Gasteiger partial charge in [0, 0.05) is 11.1 Å². The Morgan fingerprint density at radius 1 is 0.647 bits per heavy atom. The molecule has 0 heterocycles. The number of ether oxygens (including phenoxy) is 2. The molecule has 0 aliphatic rings. The van der Waals surface area contributed by atoms with Gasteiger partial charge in [0.2, 0.25) is 0 Å². The first kappa shape index (κ1) is 24.2. The Hall–Kier alpha value is -4.46. The van der Waals surface area contributed by atoms with Gasteiger partial charge in [0.05, 0.1) is 40.3 Å². The van der Waals surface area contributed by atoms with Crippen molar-refractivity contribution in [2.75, 3.05) is 13.2 Å². The van der Waals surface area contributed by atoms with Gasteiger partial charge in [-0.2, -0.15) is 0 Å². The molecule has 8 heteroatoms. The van der Waals surface area contributed by atoms with Crippen LogP contribution in [0.5, 0.6) is 11.5 Å². The van der Waals surface area contributed by atoms with Crippen molar-refractivity contribution in [1.82, 2.24) is 0 Å². The third-order valence-electron chi connectivity index (χ3n) is 4.89. The average Bonchev–Trinajstić information content (AvgIpc) is 2.83. The lowest BCUT2D eigenvalue weighted by molar-refractivity contribution is -0.394. The van der Waals surface area contributed by atoms with Crippen LogP contribution in [0.3, 0.4) is 0 Å². The molecule has 8 nitrogen and oxygen atoms in total. The Morgan fingerprint density at radius 2 is 1.03 bits per heavy atom. The van der Waals surface area contributed by atoms with Gasteiger partial charge in [-0.05, 0) is 44.2 Å². The van der Waals surface area contributed by atoms with E-state index in [1.54, 1.807) is 36.4 Å². The summed E-state index contributed by atoms with van der Waals surface area (Å²) in [5, 5.41) is 23.3. The number of benzene rings is 3. The highest BCUT2D eigenvalue weighted by atomic mass is 16.6. The van der Waals surface area contributed by atoms with Crippen LogP contribution in [0, 0.1) is 20.2 Å². The van der Waals surface area contributed by atoms with Gasteiger partial charge < -0.3 is 9.47 Å². The lowest BCUT2D eigenvalue weighted by Gasteiger charge is -2.07. The van der Waals surface area contributed by atoms with Crippen molar-refractivity contribution >= 4 is 35.7 Å². The molecule has 0 aliphatic heterocycles. The third kappa shape index (κ3) is 5.86. The van der Waals surface area contributed by atoms with Gasteiger partial charge in [0.1, 0.15) is 11.5 Å². The topological polar surface area (TPSA) is 105 Å². The predicted octanol–water partition coefficient (Wildman–Crippen LogP) is 6.64. The summed E-state index contributed by atoms with van der Waals surface area (Å²) in [6.45, 7) is 4.68. The minimum atomic E-state index is -0.626. The summed E-state index contributed by atoms with van der Waals surface area (Å²) in [6, 6.07) is 17.0. The highest BCUT2D eigenvalue weighted by Gasteiger charge is 2.22. The standard InChI is InChI=1S/C26H24N2O6/c1-3-33-25-11-7-5-9-19(25)13-15-21-17-22(24(28(31)32)18-23(21)27(29)30)16-14-20-10-6-8-12-26(20)34-4-2/h5-18H,3-4H2,1-2H3/b15-13+,16-14+. The lowest BCUT2D eigenvalue weighted by atomic mass is 10.0. The first-order valence-corrected chi connectivity index (χ1v) is 10.7. The van der Waals surface area contributed by atoms with E-state index in [1.165, 1.54) is 6.07 Å². The van der Waals surface area contributed by atoms with Gasteiger partial charge in [-0.25, -0.2) is 0 Å². The molecule has 3 aromatic carbocycles. The molecular formula is C26H24N2O6. The Kier molecular flexibility index (Phi) is 8.12. The summed E-state index contributed by atoms with van der Waals surface area (Å²) >= 11 is 0. The second kappa shape index (κ2) is 11.4. The van der Waals surface area contributed by atoms with Gasteiger partial charge in [-0.1, -0.05) is 48.6 Å². The zero-order chi connectivity index (χ0) is 24.5. The van der Waals surface area contributed by atoms with Crippen LogP contribution in [-0.4, -0.2) is 23.1 Å². The number of nitro benzene ring substituents is 2. The van der Waals surface area contributed by atoms with E-state index in [-0.39, 0.29) is 22.5 Å². The molecule has 174 valence electrons. The van der Waals surface area contributed by atoms with Crippen LogP contribution in [0.1, 0.15) is 36.1 Å². The van der Waals surface area contributed by atoms with E-state index in [2.05, 4.69) is 0 Å². The molecule has 0 amide bonds. The van der Waals surface area contributed by atoms with Crippen molar-refractivity contribution in [2.45, 2.75) is 13.8 Å². The van der Waals surface area contributed by atoms with E-state index < -0.39 is 9.85 Å². The number of para-hydroxylation sites is 2. The summed E-state index contributed by atoms with van der Waals surface area (Å²) in [6.07, 6.45) is 6.50. The van der Waals surface area contributed by atoms with Gasteiger partial charge in [0.15, 0.2) is 0 Å². The van der Waals surface area contributed by atoms with Crippen LogP contribution < -0.4 is 9.47 Å². The van der Waals surface area contributed by atoms with Gasteiger partial charge in [-0.3, -0.25) is 20.2 Å². The molecule has 0 fully saturated rings. The first-order valence-electron chi connectivity index (χ1n) is 10.7. The fraction of sp³-hybridized carbons (Fsp3) is 0.154. The molecule has 34 heavy (non-hydrogen) atoms. The zero-order valence-corrected chi connectivity index (χ0v) is 18.8. The lowest BCUT2D eigenvalue weighted by Crippen LogP contribution is -1.98. The molecule has 3 aromatic rings. The number of nitrogens with zero attached hydrogens (tertiary/aromatic N) is 2. The molecule has 0 saturated carbocycles. The quantitative estimate of drug-likeness (QED) is 0.191. The van der Waals surface area contributed by atoms with Crippen LogP contribution in [0.15, 0.2) is 60.7 Å². The van der Waals surface area contributed by atoms with Gasteiger partial charge in [0.25, 0.3) is 11.4 Å². The summed E-state index contributed by atoms with van der Waals surface area (Å²) in [5.74, 6) is 1.27. The van der Waals surface area contributed by atoms with Gasteiger partial charge >= 0.3 is 0 Å². The van der Waals surface area contributed by atoms with E-state index in [1.807, 2.05) is 50.2 Å². The largest absolute Gasteiger partial charge is 0.493 e. The molecule has 0 N–H and O–H groups in total.